The van der Waals surface area contributed by atoms with Crippen LogP contribution in [-0.4, -0.2) is 4.98 Å². The molecule has 0 fully saturated rings. The van der Waals surface area contributed by atoms with Crippen molar-refractivity contribution in [3.8, 4) is 0 Å². The van der Waals surface area contributed by atoms with Crippen molar-refractivity contribution in [3.63, 3.8) is 0 Å². The van der Waals surface area contributed by atoms with Crippen LogP contribution < -0.4 is 4.90 Å². The van der Waals surface area contributed by atoms with Crippen molar-refractivity contribution in [2.45, 2.75) is 0 Å². The molecule has 0 saturated heterocycles. The maximum Gasteiger partial charge on any atom is 0.155 e. The highest BCUT2D eigenvalue weighted by Crippen LogP contribution is 2.47. The van der Waals surface area contributed by atoms with Crippen LogP contribution in [0.5, 0.6) is 0 Å². The van der Waals surface area contributed by atoms with Crippen LogP contribution in [0.3, 0.4) is 0 Å². The highest BCUT2D eigenvalue weighted by molar-refractivity contribution is 7.26. The summed E-state index contributed by atoms with van der Waals surface area (Å²) in [6.45, 7) is 0. The van der Waals surface area contributed by atoms with Gasteiger partial charge in [0.1, 0.15) is 5.58 Å². The number of nitrogens with zero attached hydrogens (tertiary/aromatic N) is 2. The van der Waals surface area contributed by atoms with Gasteiger partial charge >= 0.3 is 0 Å². The summed E-state index contributed by atoms with van der Waals surface area (Å²) in [5.74, 6) is 0. The van der Waals surface area contributed by atoms with Gasteiger partial charge in [-0.3, -0.25) is 4.98 Å². The number of hydrogen-bond acceptors (Lipinski definition) is 5. The van der Waals surface area contributed by atoms with Gasteiger partial charge < -0.3 is 9.32 Å². The Balaban J connectivity index is 1.29. The fourth-order valence-electron chi connectivity index (χ4n) is 6.74. The van der Waals surface area contributed by atoms with Crippen molar-refractivity contribution in [3.05, 3.63) is 134 Å². The van der Waals surface area contributed by atoms with Gasteiger partial charge in [-0.1, -0.05) is 72.8 Å². The van der Waals surface area contributed by atoms with Crippen LogP contribution in [-0.2, 0) is 0 Å². The number of rotatable bonds is 3. The van der Waals surface area contributed by atoms with Gasteiger partial charge in [0.2, 0.25) is 0 Å². The minimum Gasteiger partial charge on any atom is -0.454 e. The summed E-state index contributed by atoms with van der Waals surface area (Å²) in [6.07, 6.45) is 3.83. The number of anilines is 3. The molecule has 0 saturated carbocycles. The Labute approximate surface area is 259 Å². The van der Waals surface area contributed by atoms with Crippen LogP contribution in [0.2, 0.25) is 0 Å². The van der Waals surface area contributed by atoms with E-state index in [0.717, 1.165) is 49.8 Å². The van der Waals surface area contributed by atoms with Gasteiger partial charge in [0, 0.05) is 62.5 Å². The molecule has 0 amide bonds. The second-order valence-corrected chi connectivity index (χ2v) is 13.4. The lowest BCUT2D eigenvalue weighted by atomic mass is 10.0. The van der Waals surface area contributed by atoms with Gasteiger partial charge in [0.25, 0.3) is 0 Å². The molecular weight excluding hydrogens is 577 g/mol. The topological polar surface area (TPSA) is 29.3 Å². The van der Waals surface area contributed by atoms with E-state index in [2.05, 4.69) is 126 Å². The third-order valence-electron chi connectivity index (χ3n) is 8.73. The summed E-state index contributed by atoms with van der Waals surface area (Å²) in [7, 11) is 0. The molecule has 10 rings (SSSR count). The fourth-order valence-corrected chi connectivity index (χ4v) is 8.97. The molecule has 6 aromatic carbocycles. The van der Waals surface area contributed by atoms with E-state index in [4.69, 9.17) is 9.40 Å². The molecule has 0 aliphatic heterocycles. The molecule has 0 bridgehead atoms. The van der Waals surface area contributed by atoms with Crippen LogP contribution >= 0.6 is 22.7 Å². The van der Waals surface area contributed by atoms with Gasteiger partial charge in [-0.25, -0.2) is 0 Å². The highest BCUT2D eigenvalue weighted by Gasteiger charge is 2.22. The number of thiophene rings is 2. The molecule has 44 heavy (non-hydrogen) atoms. The minimum atomic E-state index is 0.781. The quantitative estimate of drug-likeness (QED) is 0.203. The first kappa shape index (κ1) is 24.2. The highest BCUT2D eigenvalue weighted by atomic mass is 32.1. The van der Waals surface area contributed by atoms with Crippen LogP contribution in [0.4, 0.5) is 17.1 Å². The van der Waals surface area contributed by atoms with Gasteiger partial charge in [-0.05, 0) is 53.9 Å². The predicted octanol–water partition coefficient (Wildman–Crippen LogP) is 12.3. The number of furan rings is 1. The predicted molar refractivity (Wildman–Crippen MR) is 189 cm³/mol. The lowest BCUT2D eigenvalue weighted by molar-refractivity contribution is 0.670. The molecule has 0 N–H and O–H groups in total. The zero-order valence-electron chi connectivity index (χ0n) is 23.3. The molecule has 0 aliphatic carbocycles. The summed E-state index contributed by atoms with van der Waals surface area (Å²) < 4.78 is 11.7. The second-order valence-electron chi connectivity index (χ2n) is 11.2. The van der Waals surface area contributed by atoms with E-state index < -0.39 is 0 Å². The Kier molecular flexibility index (Phi) is 5.03. The fraction of sp³-hybridized carbons (Fsp3) is 0. The molecule has 0 radical (unpaired) electrons. The summed E-state index contributed by atoms with van der Waals surface area (Å²) in [5, 5.41) is 9.55. The standard InChI is InChI=1S/C39H22N2OS2/c1-2-8-26-23(7-1)13-16-30-38-32(21-40-22-33(38)42-39(26)30)41(24-15-18-36-31(19-24)28-10-4-6-12-35(28)43-36)25-14-17-29-27-9-3-5-11-34(27)44-37(29)20-25/h1-22H. The average molecular weight is 599 g/mol. The Morgan fingerprint density at radius 2 is 1.14 bits per heavy atom. The van der Waals surface area contributed by atoms with Gasteiger partial charge in [0.05, 0.1) is 23.5 Å². The van der Waals surface area contributed by atoms with Gasteiger partial charge in [0.15, 0.2) is 5.58 Å². The van der Waals surface area contributed by atoms with E-state index in [-0.39, 0.29) is 0 Å². The molecule has 0 aliphatic rings. The lowest BCUT2D eigenvalue weighted by Gasteiger charge is -2.26. The Hall–Kier alpha value is -5.23. The first-order valence-corrected chi connectivity index (χ1v) is 16.2. The molecule has 4 heterocycles. The summed E-state index contributed by atoms with van der Waals surface area (Å²) >= 11 is 3.68. The summed E-state index contributed by atoms with van der Waals surface area (Å²) in [6, 6.07) is 43.8. The van der Waals surface area contributed by atoms with Gasteiger partial charge in [-0.2, -0.15) is 0 Å². The first-order chi connectivity index (χ1) is 21.8. The maximum atomic E-state index is 6.57. The third kappa shape index (κ3) is 3.45. The van der Waals surface area contributed by atoms with Crippen molar-refractivity contribution in [1.82, 2.24) is 4.98 Å². The van der Waals surface area contributed by atoms with Crippen molar-refractivity contribution < 1.29 is 4.42 Å². The number of pyridine rings is 1. The minimum absolute atomic E-state index is 0.781. The summed E-state index contributed by atoms with van der Waals surface area (Å²) in [5.41, 5.74) is 4.85. The Morgan fingerprint density at radius 3 is 2.00 bits per heavy atom. The van der Waals surface area contributed by atoms with E-state index in [1.165, 1.54) is 40.3 Å². The zero-order chi connectivity index (χ0) is 28.8. The third-order valence-corrected chi connectivity index (χ3v) is 11.0. The normalized spacial score (nSPS) is 12.1. The molecule has 4 aromatic heterocycles. The molecule has 3 nitrogen and oxygen atoms in total. The molecule has 206 valence electrons. The number of fused-ring (bicyclic) bond motifs is 11. The number of hydrogen-bond donors (Lipinski definition) is 0. The Bertz CT molecular complexity index is 2750. The second kappa shape index (κ2) is 9.13. The Morgan fingerprint density at radius 1 is 0.500 bits per heavy atom. The molecule has 0 spiro atoms. The first-order valence-electron chi connectivity index (χ1n) is 14.6. The van der Waals surface area contributed by atoms with Crippen LogP contribution in [0.1, 0.15) is 0 Å². The maximum absolute atomic E-state index is 6.57. The molecule has 0 unspecified atom stereocenters. The van der Waals surface area contributed by atoms with Crippen molar-refractivity contribution >= 4 is 113 Å². The van der Waals surface area contributed by atoms with Crippen LogP contribution in [0.25, 0.3) is 73.1 Å². The number of benzene rings is 6. The van der Waals surface area contributed by atoms with E-state index in [1.54, 1.807) is 0 Å². The van der Waals surface area contributed by atoms with E-state index in [9.17, 15) is 0 Å². The van der Waals surface area contributed by atoms with Crippen molar-refractivity contribution in [1.29, 1.82) is 0 Å². The van der Waals surface area contributed by atoms with E-state index in [0.29, 0.717) is 0 Å². The monoisotopic (exact) mass is 598 g/mol. The average Bonchev–Trinajstić information content (AvgIpc) is 3.76. The van der Waals surface area contributed by atoms with Crippen LogP contribution in [0.15, 0.2) is 138 Å². The lowest BCUT2D eigenvalue weighted by Crippen LogP contribution is -2.10. The van der Waals surface area contributed by atoms with E-state index in [1.807, 2.05) is 35.1 Å². The molecular formula is C39H22N2OS2. The molecule has 5 heteroatoms. The van der Waals surface area contributed by atoms with Crippen molar-refractivity contribution in [2.24, 2.45) is 0 Å². The largest absolute Gasteiger partial charge is 0.454 e. The molecule has 10 aromatic rings. The molecule has 0 atom stereocenters. The van der Waals surface area contributed by atoms with E-state index >= 15 is 0 Å². The smallest absolute Gasteiger partial charge is 0.155 e. The number of aromatic nitrogens is 1. The SMILES string of the molecule is c1ccc2c(c1)ccc1c2oc2cncc(N(c3ccc4c(c3)sc3ccccc34)c3ccc4sc5ccccc5c4c3)c21. The zero-order valence-corrected chi connectivity index (χ0v) is 25.0. The van der Waals surface area contributed by atoms with Crippen LogP contribution in [0, 0.1) is 0 Å². The van der Waals surface area contributed by atoms with Gasteiger partial charge in [-0.15, -0.1) is 22.7 Å². The summed E-state index contributed by atoms with van der Waals surface area (Å²) in [4.78, 5) is 7.08. The van der Waals surface area contributed by atoms with Crippen molar-refractivity contribution in [2.75, 3.05) is 4.90 Å².